The Morgan fingerprint density at radius 1 is 1.06 bits per heavy atom. The molecule has 1 fully saturated rings. The molecule has 0 amide bonds. The Balaban J connectivity index is 1.61. The maximum atomic E-state index is 6.59. The number of hydrogen-bond acceptors (Lipinski definition) is 1. The Labute approximate surface area is 104 Å². The van der Waals surface area contributed by atoms with E-state index >= 15 is 0 Å². The topological polar surface area (TPSA) is 26.0 Å². The van der Waals surface area contributed by atoms with Crippen LogP contribution in [0.1, 0.15) is 49.7 Å². The van der Waals surface area contributed by atoms with Gasteiger partial charge in [-0.2, -0.15) is 0 Å². The second kappa shape index (κ2) is 4.45. The summed E-state index contributed by atoms with van der Waals surface area (Å²) in [5, 5.41) is 0. The Kier molecular flexibility index (Phi) is 2.96. The van der Waals surface area contributed by atoms with Gasteiger partial charge in [0.2, 0.25) is 0 Å². The van der Waals surface area contributed by atoms with E-state index < -0.39 is 0 Å². The molecule has 1 nitrogen and oxygen atoms in total. The summed E-state index contributed by atoms with van der Waals surface area (Å²) in [4.78, 5) is 0. The monoisotopic (exact) mass is 229 g/mol. The van der Waals surface area contributed by atoms with Crippen LogP contribution in [0.3, 0.4) is 0 Å². The van der Waals surface area contributed by atoms with E-state index in [9.17, 15) is 0 Å². The molecule has 0 unspecified atom stereocenters. The SMILES string of the molecule is NC1(CCC2CCCC2)Cc2ccccc2C1. The van der Waals surface area contributed by atoms with Gasteiger partial charge in [0.05, 0.1) is 0 Å². The molecular weight excluding hydrogens is 206 g/mol. The first-order valence-electron chi connectivity index (χ1n) is 7.11. The summed E-state index contributed by atoms with van der Waals surface area (Å²) in [6.45, 7) is 0. The standard InChI is InChI=1S/C16H23N/c17-16(10-9-13-5-1-2-6-13)11-14-7-3-4-8-15(14)12-16/h3-4,7-8,13H,1-2,5-6,9-12,17H2. The summed E-state index contributed by atoms with van der Waals surface area (Å²) in [5.74, 6) is 0.971. The quantitative estimate of drug-likeness (QED) is 0.844. The summed E-state index contributed by atoms with van der Waals surface area (Å²) in [7, 11) is 0. The first kappa shape index (κ1) is 11.3. The largest absolute Gasteiger partial charge is 0.324 e. The molecule has 0 bridgehead atoms. The third-order valence-corrected chi connectivity index (χ3v) is 4.73. The van der Waals surface area contributed by atoms with Gasteiger partial charge in [0.25, 0.3) is 0 Å². The molecule has 0 radical (unpaired) electrons. The summed E-state index contributed by atoms with van der Waals surface area (Å²) in [6, 6.07) is 8.78. The molecule has 0 aromatic heterocycles. The molecule has 1 heteroatoms. The Morgan fingerprint density at radius 2 is 1.65 bits per heavy atom. The van der Waals surface area contributed by atoms with Crippen LogP contribution in [0.25, 0.3) is 0 Å². The predicted molar refractivity (Wildman–Crippen MR) is 72.0 cm³/mol. The van der Waals surface area contributed by atoms with Gasteiger partial charge in [0.15, 0.2) is 0 Å². The van der Waals surface area contributed by atoms with Gasteiger partial charge >= 0.3 is 0 Å². The predicted octanol–water partition coefficient (Wildman–Crippen LogP) is 3.45. The van der Waals surface area contributed by atoms with E-state index in [1.54, 1.807) is 0 Å². The van der Waals surface area contributed by atoms with E-state index in [0.29, 0.717) is 0 Å². The molecule has 2 N–H and O–H groups in total. The van der Waals surface area contributed by atoms with Crippen LogP contribution < -0.4 is 5.73 Å². The van der Waals surface area contributed by atoms with Crippen LogP contribution in [0.4, 0.5) is 0 Å². The Morgan fingerprint density at radius 3 is 2.24 bits per heavy atom. The van der Waals surface area contributed by atoms with E-state index in [2.05, 4.69) is 24.3 Å². The van der Waals surface area contributed by atoms with Crippen molar-refractivity contribution < 1.29 is 0 Å². The first-order chi connectivity index (χ1) is 8.25. The average molecular weight is 229 g/mol. The van der Waals surface area contributed by atoms with Gasteiger partial charge in [0, 0.05) is 5.54 Å². The van der Waals surface area contributed by atoms with E-state index in [1.165, 1.54) is 49.7 Å². The molecule has 2 aliphatic rings. The van der Waals surface area contributed by atoms with Crippen molar-refractivity contribution in [1.29, 1.82) is 0 Å². The minimum Gasteiger partial charge on any atom is -0.324 e. The fourth-order valence-electron chi connectivity index (χ4n) is 3.69. The van der Waals surface area contributed by atoms with Crippen molar-refractivity contribution in [2.45, 2.75) is 56.9 Å². The minimum absolute atomic E-state index is 0.0618. The van der Waals surface area contributed by atoms with E-state index in [1.807, 2.05) is 0 Å². The highest BCUT2D eigenvalue weighted by molar-refractivity contribution is 5.35. The van der Waals surface area contributed by atoms with Crippen molar-refractivity contribution >= 4 is 0 Å². The summed E-state index contributed by atoms with van der Waals surface area (Å²) in [6.07, 6.45) is 10.5. The molecule has 1 aromatic carbocycles. The molecule has 92 valence electrons. The van der Waals surface area contributed by atoms with Gasteiger partial charge in [-0.3, -0.25) is 0 Å². The molecule has 0 heterocycles. The Bertz CT molecular complexity index is 365. The van der Waals surface area contributed by atoms with Gasteiger partial charge in [-0.05, 0) is 42.7 Å². The summed E-state index contributed by atoms with van der Waals surface area (Å²) in [5.41, 5.74) is 9.62. The van der Waals surface area contributed by atoms with E-state index in [-0.39, 0.29) is 5.54 Å². The van der Waals surface area contributed by atoms with Crippen molar-refractivity contribution in [2.24, 2.45) is 11.7 Å². The third kappa shape index (κ3) is 2.40. The van der Waals surface area contributed by atoms with Gasteiger partial charge < -0.3 is 5.73 Å². The highest BCUT2D eigenvalue weighted by Crippen LogP contribution is 2.35. The van der Waals surface area contributed by atoms with Crippen LogP contribution in [-0.4, -0.2) is 5.54 Å². The van der Waals surface area contributed by atoms with Crippen LogP contribution in [-0.2, 0) is 12.8 Å². The van der Waals surface area contributed by atoms with Crippen LogP contribution in [0.5, 0.6) is 0 Å². The lowest BCUT2D eigenvalue weighted by Gasteiger charge is -2.25. The van der Waals surface area contributed by atoms with Crippen molar-refractivity contribution in [3.05, 3.63) is 35.4 Å². The second-order valence-corrected chi connectivity index (χ2v) is 6.17. The highest BCUT2D eigenvalue weighted by Gasteiger charge is 2.33. The highest BCUT2D eigenvalue weighted by atomic mass is 14.7. The van der Waals surface area contributed by atoms with Crippen molar-refractivity contribution in [2.75, 3.05) is 0 Å². The fourth-order valence-corrected chi connectivity index (χ4v) is 3.69. The number of benzene rings is 1. The maximum Gasteiger partial charge on any atom is 0.0236 e. The zero-order chi connectivity index (χ0) is 11.7. The lowest BCUT2D eigenvalue weighted by molar-refractivity contribution is 0.353. The molecular formula is C16H23N. The van der Waals surface area contributed by atoms with Crippen LogP contribution in [0, 0.1) is 5.92 Å². The van der Waals surface area contributed by atoms with Crippen molar-refractivity contribution in [3.8, 4) is 0 Å². The first-order valence-corrected chi connectivity index (χ1v) is 7.11. The smallest absolute Gasteiger partial charge is 0.0236 e. The number of fused-ring (bicyclic) bond motifs is 1. The minimum atomic E-state index is 0.0618. The molecule has 0 atom stereocenters. The molecule has 0 saturated heterocycles. The number of rotatable bonds is 3. The fraction of sp³-hybridized carbons (Fsp3) is 0.625. The zero-order valence-corrected chi connectivity index (χ0v) is 10.6. The van der Waals surface area contributed by atoms with Gasteiger partial charge in [-0.1, -0.05) is 49.9 Å². The summed E-state index contributed by atoms with van der Waals surface area (Å²) < 4.78 is 0. The van der Waals surface area contributed by atoms with Gasteiger partial charge in [-0.25, -0.2) is 0 Å². The molecule has 0 spiro atoms. The molecule has 0 aliphatic heterocycles. The normalized spacial score (nSPS) is 22.9. The lowest BCUT2D eigenvalue weighted by Crippen LogP contribution is -2.40. The average Bonchev–Trinajstić information content (AvgIpc) is 2.92. The molecule has 1 aromatic rings. The third-order valence-electron chi connectivity index (χ3n) is 4.73. The maximum absolute atomic E-state index is 6.59. The molecule has 3 rings (SSSR count). The molecule has 17 heavy (non-hydrogen) atoms. The van der Waals surface area contributed by atoms with Crippen LogP contribution in [0.2, 0.25) is 0 Å². The van der Waals surface area contributed by atoms with Crippen LogP contribution >= 0.6 is 0 Å². The van der Waals surface area contributed by atoms with E-state index in [0.717, 1.165) is 18.8 Å². The Hall–Kier alpha value is -0.820. The second-order valence-electron chi connectivity index (χ2n) is 6.17. The van der Waals surface area contributed by atoms with Gasteiger partial charge in [-0.15, -0.1) is 0 Å². The molecule has 1 saturated carbocycles. The lowest BCUT2D eigenvalue weighted by atomic mass is 9.87. The van der Waals surface area contributed by atoms with Crippen molar-refractivity contribution in [3.63, 3.8) is 0 Å². The van der Waals surface area contributed by atoms with Gasteiger partial charge in [0.1, 0.15) is 0 Å². The summed E-state index contributed by atoms with van der Waals surface area (Å²) >= 11 is 0. The zero-order valence-electron chi connectivity index (χ0n) is 10.6. The van der Waals surface area contributed by atoms with Crippen molar-refractivity contribution in [1.82, 2.24) is 0 Å². The number of hydrogen-bond donors (Lipinski definition) is 1. The molecule has 2 aliphatic carbocycles. The van der Waals surface area contributed by atoms with E-state index in [4.69, 9.17) is 5.73 Å². The van der Waals surface area contributed by atoms with Crippen LogP contribution in [0.15, 0.2) is 24.3 Å². The number of nitrogens with two attached hydrogens (primary N) is 1.